The predicted molar refractivity (Wildman–Crippen MR) is 130 cm³/mol. The summed E-state index contributed by atoms with van der Waals surface area (Å²) in [6.45, 7) is 0. The molecule has 2 aromatic heterocycles. The number of non-ortho nitro benzene ring substituents is 1. The van der Waals surface area contributed by atoms with Crippen molar-refractivity contribution in [2.75, 3.05) is 4.90 Å². The second-order valence-electron chi connectivity index (χ2n) is 7.48. The van der Waals surface area contributed by atoms with Gasteiger partial charge in [0.1, 0.15) is 17.6 Å². The molecule has 9 heteroatoms. The fraction of sp³-hybridized carbons (Fsp3) is 0.0833. The molecule has 2 aromatic carbocycles. The van der Waals surface area contributed by atoms with E-state index in [-0.39, 0.29) is 17.8 Å². The summed E-state index contributed by atoms with van der Waals surface area (Å²) in [5, 5.41) is 15.7. The third-order valence-electron chi connectivity index (χ3n) is 5.46. The van der Waals surface area contributed by atoms with Crippen molar-refractivity contribution in [2.45, 2.75) is 12.1 Å². The van der Waals surface area contributed by atoms with Gasteiger partial charge < -0.3 is 14.6 Å². The van der Waals surface area contributed by atoms with Crippen molar-refractivity contribution in [1.82, 2.24) is 10.3 Å². The Balaban J connectivity index is 1.58. The second-order valence-corrected chi connectivity index (χ2v) is 8.31. The van der Waals surface area contributed by atoms with Crippen LogP contribution in [0.15, 0.2) is 89.5 Å². The van der Waals surface area contributed by atoms with Crippen molar-refractivity contribution in [1.29, 1.82) is 0 Å². The molecule has 1 aliphatic heterocycles. The van der Waals surface area contributed by atoms with Crippen LogP contribution in [0.25, 0.3) is 11.3 Å². The lowest BCUT2D eigenvalue weighted by atomic mass is 10.0. The number of nitro groups is 1. The van der Waals surface area contributed by atoms with Gasteiger partial charge in [0.25, 0.3) is 5.69 Å². The largest absolute Gasteiger partial charge is 0.459 e. The van der Waals surface area contributed by atoms with Gasteiger partial charge in [-0.1, -0.05) is 29.8 Å². The zero-order valence-electron chi connectivity index (χ0n) is 17.1. The van der Waals surface area contributed by atoms with Crippen molar-refractivity contribution < 1.29 is 9.34 Å². The van der Waals surface area contributed by atoms with Crippen LogP contribution in [0.5, 0.6) is 0 Å². The van der Waals surface area contributed by atoms with Crippen LogP contribution in [0.3, 0.4) is 0 Å². The van der Waals surface area contributed by atoms with Crippen LogP contribution in [0.1, 0.15) is 23.5 Å². The molecule has 1 fully saturated rings. The third-order valence-corrected chi connectivity index (χ3v) is 6.03. The lowest BCUT2D eigenvalue weighted by Gasteiger charge is -2.26. The van der Waals surface area contributed by atoms with Crippen LogP contribution >= 0.6 is 23.8 Å². The Morgan fingerprint density at radius 1 is 1.06 bits per heavy atom. The number of pyridine rings is 1. The van der Waals surface area contributed by atoms with Crippen LogP contribution < -0.4 is 10.2 Å². The van der Waals surface area contributed by atoms with Crippen LogP contribution in [-0.4, -0.2) is 15.0 Å². The molecular weight excluding hydrogens is 460 g/mol. The van der Waals surface area contributed by atoms with Gasteiger partial charge >= 0.3 is 0 Å². The smallest absolute Gasteiger partial charge is 0.270 e. The average Bonchev–Trinajstić information content (AvgIpc) is 3.45. The molecule has 5 rings (SSSR count). The predicted octanol–water partition coefficient (Wildman–Crippen LogP) is 6.08. The summed E-state index contributed by atoms with van der Waals surface area (Å²) >= 11 is 11.8. The summed E-state index contributed by atoms with van der Waals surface area (Å²) in [5.74, 6) is 1.18. The van der Waals surface area contributed by atoms with E-state index in [4.69, 9.17) is 28.2 Å². The molecule has 0 spiro atoms. The minimum atomic E-state index is -0.425. The Morgan fingerprint density at radius 2 is 1.88 bits per heavy atom. The molecule has 0 aliphatic carbocycles. The Kier molecular flexibility index (Phi) is 5.53. The van der Waals surface area contributed by atoms with Crippen molar-refractivity contribution in [3.05, 3.63) is 112 Å². The van der Waals surface area contributed by atoms with Crippen molar-refractivity contribution >= 4 is 40.3 Å². The normalized spacial score (nSPS) is 17.7. The lowest BCUT2D eigenvalue weighted by molar-refractivity contribution is -0.384. The van der Waals surface area contributed by atoms with E-state index in [1.165, 1.54) is 12.1 Å². The molecule has 0 radical (unpaired) electrons. The molecule has 7 nitrogen and oxygen atoms in total. The van der Waals surface area contributed by atoms with Gasteiger partial charge in [-0.05, 0) is 60.7 Å². The molecule has 3 heterocycles. The lowest BCUT2D eigenvalue weighted by Crippen LogP contribution is -2.29. The van der Waals surface area contributed by atoms with E-state index in [2.05, 4.69) is 10.3 Å². The summed E-state index contributed by atoms with van der Waals surface area (Å²) in [5.41, 5.74) is 2.29. The van der Waals surface area contributed by atoms with E-state index in [1.54, 1.807) is 30.5 Å². The molecular formula is C24H17ClN4O3S. The molecule has 33 heavy (non-hydrogen) atoms. The van der Waals surface area contributed by atoms with Gasteiger partial charge in [0.05, 0.1) is 16.7 Å². The molecule has 1 N–H and O–H groups in total. The summed E-state index contributed by atoms with van der Waals surface area (Å²) in [4.78, 5) is 17.3. The number of thiocarbonyl (C=S) groups is 1. The van der Waals surface area contributed by atoms with Gasteiger partial charge in [0, 0.05) is 34.6 Å². The standard InChI is InChI=1S/C24H17ClN4O3S/c25-16-7-9-17(10-8-16)28-23(22(27-24(28)33)19-6-1-2-13-26-19)21-12-11-20(32-21)15-4-3-5-18(14-15)29(30)31/h1-14,22-23H,(H,27,33)/t22-,23-/m0/s1. The molecule has 0 saturated carbocycles. The van der Waals surface area contributed by atoms with Gasteiger partial charge in [0.2, 0.25) is 0 Å². The highest BCUT2D eigenvalue weighted by molar-refractivity contribution is 7.80. The molecule has 1 saturated heterocycles. The number of rotatable bonds is 5. The van der Waals surface area contributed by atoms with E-state index in [9.17, 15) is 10.1 Å². The minimum Gasteiger partial charge on any atom is -0.459 e. The molecule has 2 atom stereocenters. The Bertz CT molecular complexity index is 1330. The number of hydrogen-bond acceptors (Lipinski definition) is 5. The van der Waals surface area contributed by atoms with Crippen LogP contribution in [-0.2, 0) is 0 Å². The maximum Gasteiger partial charge on any atom is 0.270 e. The third kappa shape index (κ3) is 4.06. The van der Waals surface area contributed by atoms with Gasteiger partial charge in [0.15, 0.2) is 5.11 Å². The van der Waals surface area contributed by atoms with Gasteiger partial charge in [-0.2, -0.15) is 0 Å². The average molecular weight is 477 g/mol. The Hall–Kier alpha value is -3.75. The first kappa shape index (κ1) is 21.1. The number of nitrogens with zero attached hydrogens (tertiary/aromatic N) is 3. The van der Waals surface area contributed by atoms with Gasteiger partial charge in [-0.15, -0.1) is 0 Å². The van der Waals surface area contributed by atoms with Crippen LogP contribution in [0.2, 0.25) is 5.02 Å². The van der Waals surface area contributed by atoms with E-state index in [1.807, 2.05) is 47.4 Å². The minimum absolute atomic E-state index is 0.00307. The fourth-order valence-electron chi connectivity index (χ4n) is 3.96. The fourth-order valence-corrected chi connectivity index (χ4v) is 4.44. The highest BCUT2D eigenvalue weighted by Gasteiger charge is 2.42. The van der Waals surface area contributed by atoms with E-state index in [0.29, 0.717) is 27.2 Å². The maximum absolute atomic E-state index is 11.2. The molecule has 0 unspecified atom stereocenters. The first-order valence-corrected chi connectivity index (χ1v) is 10.9. The Morgan fingerprint density at radius 3 is 2.61 bits per heavy atom. The monoisotopic (exact) mass is 476 g/mol. The van der Waals surface area contributed by atoms with E-state index < -0.39 is 4.92 Å². The first-order chi connectivity index (χ1) is 16.0. The zero-order valence-corrected chi connectivity index (χ0v) is 18.7. The topological polar surface area (TPSA) is 84.4 Å². The number of hydrogen-bond donors (Lipinski definition) is 1. The number of halogens is 1. The van der Waals surface area contributed by atoms with Gasteiger partial charge in [-0.3, -0.25) is 15.1 Å². The second kappa shape index (κ2) is 8.65. The summed E-state index contributed by atoms with van der Waals surface area (Å²) in [7, 11) is 0. The molecule has 0 amide bonds. The zero-order chi connectivity index (χ0) is 22.9. The molecule has 0 bridgehead atoms. The van der Waals surface area contributed by atoms with Crippen LogP contribution in [0.4, 0.5) is 11.4 Å². The summed E-state index contributed by atoms with van der Waals surface area (Å²) < 4.78 is 6.25. The summed E-state index contributed by atoms with van der Waals surface area (Å²) in [6.07, 6.45) is 1.73. The van der Waals surface area contributed by atoms with E-state index in [0.717, 1.165) is 11.4 Å². The number of nitrogens with one attached hydrogen (secondary N) is 1. The van der Waals surface area contributed by atoms with Crippen molar-refractivity contribution in [3.63, 3.8) is 0 Å². The number of benzene rings is 2. The highest BCUT2D eigenvalue weighted by atomic mass is 35.5. The molecule has 1 aliphatic rings. The molecule has 164 valence electrons. The first-order valence-electron chi connectivity index (χ1n) is 10.1. The van der Waals surface area contributed by atoms with Crippen molar-refractivity contribution in [2.24, 2.45) is 0 Å². The van der Waals surface area contributed by atoms with Gasteiger partial charge in [-0.25, -0.2) is 0 Å². The summed E-state index contributed by atoms with van der Waals surface area (Å²) in [6, 6.07) is 22.6. The maximum atomic E-state index is 11.2. The highest BCUT2D eigenvalue weighted by Crippen LogP contribution is 2.43. The molecule has 4 aromatic rings. The number of anilines is 1. The Labute approximate surface area is 199 Å². The van der Waals surface area contributed by atoms with Crippen LogP contribution in [0, 0.1) is 10.1 Å². The SMILES string of the molecule is O=[N+]([O-])c1cccc(-c2ccc([C@H]3[C@H](c4ccccn4)NC(=S)N3c3ccc(Cl)cc3)o2)c1. The van der Waals surface area contributed by atoms with Crippen molar-refractivity contribution in [3.8, 4) is 11.3 Å². The number of aromatic nitrogens is 1. The number of furan rings is 1. The quantitative estimate of drug-likeness (QED) is 0.212. The van der Waals surface area contributed by atoms with E-state index >= 15 is 0 Å². The number of nitro benzene ring substituents is 1.